The van der Waals surface area contributed by atoms with Gasteiger partial charge >= 0.3 is 0 Å². The second-order valence-corrected chi connectivity index (χ2v) is 7.38. The Labute approximate surface area is 159 Å². The van der Waals surface area contributed by atoms with Crippen LogP contribution in [0.4, 0.5) is 0 Å². The first-order chi connectivity index (χ1) is 12.5. The summed E-state index contributed by atoms with van der Waals surface area (Å²) in [5.74, 6) is 1.52. The van der Waals surface area contributed by atoms with E-state index in [-0.39, 0.29) is 0 Å². The molecule has 1 saturated heterocycles. The quantitative estimate of drug-likeness (QED) is 0.553. The number of benzene rings is 1. The van der Waals surface area contributed by atoms with Crippen LogP contribution >= 0.6 is 0 Å². The van der Waals surface area contributed by atoms with Crippen molar-refractivity contribution in [1.82, 2.24) is 15.5 Å². The van der Waals surface area contributed by atoms with Gasteiger partial charge in [-0.05, 0) is 44.7 Å². The molecule has 2 N–H and O–H groups in total. The summed E-state index contributed by atoms with van der Waals surface area (Å²) >= 11 is 0. The predicted octanol–water partition coefficient (Wildman–Crippen LogP) is 3.01. The summed E-state index contributed by atoms with van der Waals surface area (Å²) in [5, 5.41) is 7.05. The zero-order chi connectivity index (χ0) is 18.9. The van der Waals surface area contributed by atoms with E-state index >= 15 is 0 Å². The van der Waals surface area contributed by atoms with Gasteiger partial charge in [0.25, 0.3) is 0 Å². The molecule has 1 fully saturated rings. The molecule has 2 rings (SSSR count). The fraction of sp³-hybridized carbons (Fsp3) is 0.667. The third-order valence-corrected chi connectivity index (χ3v) is 5.02. The molecule has 5 nitrogen and oxygen atoms in total. The van der Waals surface area contributed by atoms with E-state index in [0.717, 1.165) is 32.2 Å². The van der Waals surface area contributed by atoms with Crippen molar-refractivity contribution in [3.8, 4) is 0 Å². The largest absolute Gasteiger partial charge is 0.377 e. The Balaban J connectivity index is 2.03. The summed E-state index contributed by atoms with van der Waals surface area (Å²) in [5.41, 5.74) is 2.44. The van der Waals surface area contributed by atoms with Gasteiger partial charge in [-0.2, -0.15) is 0 Å². The number of likely N-dealkylation sites (tertiary alicyclic amines) is 1. The fourth-order valence-corrected chi connectivity index (χ4v) is 3.34. The third kappa shape index (κ3) is 5.99. The normalized spacial score (nSPS) is 21.4. The number of ether oxygens (including phenoxy) is 1. The van der Waals surface area contributed by atoms with Crippen LogP contribution in [0.2, 0.25) is 0 Å². The summed E-state index contributed by atoms with van der Waals surface area (Å²) in [6.07, 6.45) is 0. The van der Waals surface area contributed by atoms with Crippen molar-refractivity contribution in [3.05, 3.63) is 35.4 Å². The molecule has 0 saturated carbocycles. The first-order valence-corrected chi connectivity index (χ1v) is 9.98. The molecule has 1 aromatic carbocycles. The summed E-state index contributed by atoms with van der Waals surface area (Å²) < 4.78 is 5.59. The molecule has 146 valence electrons. The van der Waals surface area contributed by atoms with Gasteiger partial charge in [0.1, 0.15) is 0 Å². The summed E-state index contributed by atoms with van der Waals surface area (Å²) in [6.45, 7) is 16.1. The van der Waals surface area contributed by atoms with Crippen molar-refractivity contribution in [3.63, 3.8) is 0 Å². The standard InChI is InChI=1S/C21H36N4O/c1-6-22-21(24-20-14-25(16(3)4)13-17(20)5)23-12-18-10-8-9-11-19(18)15-26-7-2/h8-11,16-17,20H,6-7,12-15H2,1-5H3,(H2,22,23,24). The number of hydrogen-bond donors (Lipinski definition) is 2. The number of nitrogens with one attached hydrogen (secondary N) is 2. The molecule has 1 heterocycles. The van der Waals surface area contributed by atoms with E-state index in [9.17, 15) is 0 Å². The summed E-state index contributed by atoms with van der Waals surface area (Å²) in [6, 6.07) is 9.43. The Hall–Kier alpha value is -1.59. The molecular weight excluding hydrogens is 324 g/mol. The zero-order valence-electron chi connectivity index (χ0n) is 17.1. The molecule has 2 unspecified atom stereocenters. The molecule has 2 atom stereocenters. The van der Waals surface area contributed by atoms with Crippen LogP contribution in [0.5, 0.6) is 0 Å². The van der Waals surface area contributed by atoms with Crippen LogP contribution in [-0.4, -0.2) is 49.2 Å². The van der Waals surface area contributed by atoms with Gasteiger partial charge in [-0.15, -0.1) is 0 Å². The van der Waals surface area contributed by atoms with Gasteiger partial charge in [-0.25, -0.2) is 4.99 Å². The molecule has 0 aromatic heterocycles. The van der Waals surface area contributed by atoms with Crippen LogP contribution in [0.15, 0.2) is 29.3 Å². The molecule has 26 heavy (non-hydrogen) atoms. The second kappa shape index (κ2) is 10.5. The number of nitrogens with zero attached hydrogens (tertiary/aromatic N) is 2. The highest BCUT2D eigenvalue weighted by Crippen LogP contribution is 2.18. The lowest BCUT2D eigenvalue weighted by Crippen LogP contribution is -2.46. The summed E-state index contributed by atoms with van der Waals surface area (Å²) in [4.78, 5) is 7.37. The Bertz CT molecular complexity index is 573. The van der Waals surface area contributed by atoms with E-state index in [4.69, 9.17) is 9.73 Å². The van der Waals surface area contributed by atoms with Crippen molar-refractivity contribution in [2.24, 2.45) is 10.9 Å². The van der Waals surface area contributed by atoms with Crippen LogP contribution in [-0.2, 0) is 17.9 Å². The topological polar surface area (TPSA) is 48.9 Å². The Morgan fingerprint density at radius 2 is 1.96 bits per heavy atom. The number of hydrogen-bond acceptors (Lipinski definition) is 3. The Morgan fingerprint density at radius 3 is 2.58 bits per heavy atom. The highest BCUT2D eigenvalue weighted by atomic mass is 16.5. The maximum Gasteiger partial charge on any atom is 0.191 e. The van der Waals surface area contributed by atoms with Gasteiger partial charge in [0.15, 0.2) is 5.96 Å². The predicted molar refractivity (Wildman–Crippen MR) is 109 cm³/mol. The first-order valence-electron chi connectivity index (χ1n) is 9.98. The lowest BCUT2D eigenvalue weighted by Gasteiger charge is -2.22. The van der Waals surface area contributed by atoms with E-state index in [1.165, 1.54) is 11.1 Å². The van der Waals surface area contributed by atoms with Gasteiger partial charge in [0, 0.05) is 38.3 Å². The Morgan fingerprint density at radius 1 is 1.23 bits per heavy atom. The lowest BCUT2D eigenvalue weighted by atomic mass is 10.1. The number of rotatable bonds is 8. The van der Waals surface area contributed by atoms with Crippen molar-refractivity contribution in [1.29, 1.82) is 0 Å². The molecule has 1 aliphatic rings. The second-order valence-electron chi connectivity index (χ2n) is 7.38. The Kier molecular flexibility index (Phi) is 8.39. The fourth-order valence-electron chi connectivity index (χ4n) is 3.34. The van der Waals surface area contributed by atoms with Crippen molar-refractivity contribution >= 4 is 5.96 Å². The number of guanidine groups is 1. The van der Waals surface area contributed by atoms with Gasteiger partial charge in [0.05, 0.1) is 13.2 Å². The smallest absolute Gasteiger partial charge is 0.191 e. The van der Waals surface area contributed by atoms with Gasteiger partial charge in [-0.1, -0.05) is 31.2 Å². The van der Waals surface area contributed by atoms with Crippen LogP contribution < -0.4 is 10.6 Å². The molecule has 5 heteroatoms. The minimum Gasteiger partial charge on any atom is -0.377 e. The molecule has 0 radical (unpaired) electrons. The van der Waals surface area contributed by atoms with Gasteiger partial charge < -0.3 is 15.4 Å². The molecule has 0 spiro atoms. The molecule has 1 aliphatic heterocycles. The average Bonchev–Trinajstić information content (AvgIpc) is 2.99. The maximum absolute atomic E-state index is 5.59. The highest BCUT2D eigenvalue weighted by molar-refractivity contribution is 5.80. The highest BCUT2D eigenvalue weighted by Gasteiger charge is 2.31. The van der Waals surface area contributed by atoms with E-state index in [1.807, 2.05) is 6.92 Å². The van der Waals surface area contributed by atoms with E-state index in [0.29, 0.717) is 31.2 Å². The van der Waals surface area contributed by atoms with Crippen molar-refractivity contribution in [2.75, 3.05) is 26.2 Å². The summed E-state index contributed by atoms with van der Waals surface area (Å²) in [7, 11) is 0. The third-order valence-electron chi connectivity index (χ3n) is 5.02. The SMILES string of the molecule is CCNC(=NCc1ccccc1COCC)NC1CN(C(C)C)CC1C. The maximum atomic E-state index is 5.59. The zero-order valence-corrected chi connectivity index (χ0v) is 17.1. The van der Waals surface area contributed by atoms with E-state index < -0.39 is 0 Å². The molecule has 0 amide bonds. The molecular formula is C21H36N4O. The van der Waals surface area contributed by atoms with Crippen LogP contribution in [0, 0.1) is 5.92 Å². The first kappa shape index (κ1) is 20.7. The van der Waals surface area contributed by atoms with Crippen molar-refractivity contribution in [2.45, 2.75) is 59.9 Å². The minimum absolute atomic E-state index is 0.439. The van der Waals surface area contributed by atoms with Gasteiger partial charge in [0.2, 0.25) is 0 Å². The monoisotopic (exact) mass is 360 g/mol. The number of aliphatic imine (C=N–C) groups is 1. The van der Waals surface area contributed by atoms with E-state index in [2.05, 4.69) is 67.5 Å². The van der Waals surface area contributed by atoms with Crippen LogP contribution in [0.25, 0.3) is 0 Å². The lowest BCUT2D eigenvalue weighted by molar-refractivity contribution is 0.133. The molecule has 0 aliphatic carbocycles. The van der Waals surface area contributed by atoms with Crippen molar-refractivity contribution < 1.29 is 4.74 Å². The molecule has 0 bridgehead atoms. The van der Waals surface area contributed by atoms with Gasteiger partial charge in [-0.3, -0.25) is 4.90 Å². The van der Waals surface area contributed by atoms with E-state index in [1.54, 1.807) is 0 Å². The minimum atomic E-state index is 0.439. The van der Waals surface area contributed by atoms with Crippen LogP contribution in [0.3, 0.4) is 0 Å². The average molecular weight is 361 g/mol. The molecule has 1 aromatic rings. The van der Waals surface area contributed by atoms with Crippen LogP contribution in [0.1, 0.15) is 45.7 Å².